The van der Waals surface area contributed by atoms with Gasteiger partial charge in [-0.3, -0.25) is 0 Å². The molecule has 0 aliphatic carbocycles. The molecule has 0 saturated carbocycles. The van der Waals surface area contributed by atoms with Gasteiger partial charge in [-0.2, -0.15) is 16.3 Å². The molecule has 4 heterocycles. The Labute approximate surface area is 168 Å². The van der Waals surface area contributed by atoms with E-state index in [2.05, 4.69) is 44.0 Å². The number of nitrogens with zero attached hydrogens (tertiary/aromatic N) is 6. The van der Waals surface area contributed by atoms with E-state index in [1.807, 2.05) is 29.0 Å². The second-order valence-electron chi connectivity index (χ2n) is 6.25. The Morgan fingerprint density at radius 2 is 2.07 bits per heavy atom. The minimum absolute atomic E-state index is 0.498. The van der Waals surface area contributed by atoms with Crippen LogP contribution in [-0.4, -0.2) is 29.9 Å². The summed E-state index contributed by atoms with van der Waals surface area (Å²) in [5.74, 6) is 1.65. The maximum absolute atomic E-state index is 5.35. The van der Waals surface area contributed by atoms with E-state index in [1.54, 1.807) is 11.3 Å². The van der Waals surface area contributed by atoms with Crippen LogP contribution in [0.5, 0.6) is 0 Å². The molecule has 0 radical (unpaired) electrons. The van der Waals surface area contributed by atoms with Crippen LogP contribution in [0.2, 0.25) is 0 Å². The molecule has 28 heavy (non-hydrogen) atoms. The smallest absolute Gasteiger partial charge is 0.237 e. The van der Waals surface area contributed by atoms with Gasteiger partial charge in [0.15, 0.2) is 5.65 Å². The van der Waals surface area contributed by atoms with Gasteiger partial charge in [-0.25, -0.2) is 4.98 Å². The first kappa shape index (κ1) is 17.3. The lowest BCUT2D eigenvalue weighted by Crippen LogP contribution is -2.00. The highest BCUT2D eigenvalue weighted by molar-refractivity contribution is 7.98. The monoisotopic (exact) mass is 408 g/mol. The average molecular weight is 409 g/mol. The highest BCUT2D eigenvalue weighted by Crippen LogP contribution is 2.28. The summed E-state index contributed by atoms with van der Waals surface area (Å²) in [4.78, 5) is 9.21. The second-order valence-corrected chi connectivity index (χ2v) is 7.97. The van der Waals surface area contributed by atoms with Crippen molar-refractivity contribution < 1.29 is 4.52 Å². The van der Waals surface area contributed by atoms with E-state index in [0.717, 1.165) is 40.6 Å². The molecule has 9 heteroatoms. The zero-order valence-electron chi connectivity index (χ0n) is 15.1. The lowest BCUT2D eigenvalue weighted by Gasteiger charge is -2.04. The minimum atomic E-state index is 0.498. The molecule has 0 fully saturated rings. The Balaban J connectivity index is 1.43. The van der Waals surface area contributed by atoms with Crippen LogP contribution in [0.3, 0.4) is 0 Å². The molecule has 7 nitrogen and oxygen atoms in total. The number of benzene rings is 1. The number of aromatic nitrogens is 6. The van der Waals surface area contributed by atoms with Gasteiger partial charge in [-0.15, -0.1) is 10.2 Å². The predicted octanol–water partition coefficient (Wildman–Crippen LogP) is 4.79. The summed E-state index contributed by atoms with van der Waals surface area (Å²) in [6.07, 6.45) is 1.02. The molecule has 0 N–H and O–H groups in total. The summed E-state index contributed by atoms with van der Waals surface area (Å²) >= 11 is 3.05. The molecule has 5 rings (SSSR count). The quantitative estimate of drug-likeness (QED) is 0.373. The Kier molecular flexibility index (Phi) is 4.53. The van der Waals surface area contributed by atoms with Crippen molar-refractivity contribution in [3.63, 3.8) is 0 Å². The normalized spacial score (nSPS) is 11.6. The van der Waals surface area contributed by atoms with E-state index in [1.165, 1.54) is 11.8 Å². The van der Waals surface area contributed by atoms with Crippen LogP contribution >= 0.6 is 23.1 Å². The third-order valence-electron chi connectivity index (χ3n) is 4.37. The SMILES string of the molecule is CCCn1c2ccccc2c2nnc(SCc3nc(-c4ccsc4)no3)nc21. The van der Waals surface area contributed by atoms with Gasteiger partial charge in [0, 0.05) is 22.9 Å². The minimum Gasteiger partial charge on any atom is -0.338 e. The third-order valence-corrected chi connectivity index (χ3v) is 5.88. The van der Waals surface area contributed by atoms with Crippen LogP contribution in [0.4, 0.5) is 0 Å². The van der Waals surface area contributed by atoms with Crippen LogP contribution in [0.15, 0.2) is 50.8 Å². The number of thiophene rings is 1. The summed E-state index contributed by atoms with van der Waals surface area (Å²) in [6, 6.07) is 10.2. The predicted molar refractivity (Wildman–Crippen MR) is 110 cm³/mol. The van der Waals surface area contributed by atoms with E-state index >= 15 is 0 Å². The number of hydrogen-bond donors (Lipinski definition) is 0. The summed E-state index contributed by atoms with van der Waals surface area (Å²) in [5, 5.41) is 18.5. The first-order chi connectivity index (χ1) is 13.8. The highest BCUT2D eigenvalue weighted by Gasteiger charge is 2.15. The molecule has 0 spiro atoms. The standard InChI is InChI=1S/C19H16N6OS2/c1-2-8-25-14-6-4-3-5-13(14)16-18(25)21-19(23-22-16)28-11-15-20-17(24-26-15)12-7-9-27-10-12/h3-7,9-10H,2,8,11H2,1H3. The van der Waals surface area contributed by atoms with Gasteiger partial charge in [0.25, 0.3) is 0 Å². The maximum atomic E-state index is 5.35. The molecule has 0 aliphatic rings. The second kappa shape index (κ2) is 7.33. The molecule has 140 valence electrons. The number of hydrogen-bond acceptors (Lipinski definition) is 8. The molecule has 0 amide bonds. The van der Waals surface area contributed by atoms with Gasteiger partial charge in [0.1, 0.15) is 5.52 Å². The van der Waals surface area contributed by atoms with Crippen molar-refractivity contribution in [2.24, 2.45) is 0 Å². The van der Waals surface area contributed by atoms with Crippen molar-refractivity contribution in [2.75, 3.05) is 0 Å². The molecular weight excluding hydrogens is 392 g/mol. The topological polar surface area (TPSA) is 82.5 Å². The van der Waals surface area contributed by atoms with Crippen LogP contribution in [-0.2, 0) is 12.3 Å². The fourth-order valence-corrected chi connectivity index (χ4v) is 4.40. The summed E-state index contributed by atoms with van der Waals surface area (Å²) < 4.78 is 7.56. The van der Waals surface area contributed by atoms with Crippen LogP contribution < -0.4 is 0 Å². The van der Waals surface area contributed by atoms with E-state index < -0.39 is 0 Å². The van der Waals surface area contributed by atoms with E-state index in [-0.39, 0.29) is 0 Å². The van der Waals surface area contributed by atoms with E-state index in [9.17, 15) is 0 Å². The zero-order valence-corrected chi connectivity index (χ0v) is 16.7. The summed E-state index contributed by atoms with van der Waals surface area (Å²) in [6.45, 7) is 3.05. The van der Waals surface area contributed by atoms with E-state index in [4.69, 9.17) is 9.51 Å². The van der Waals surface area contributed by atoms with Gasteiger partial charge >= 0.3 is 0 Å². The van der Waals surface area contributed by atoms with Crippen LogP contribution in [0.1, 0.15) is 19.2 Å². The largest absolute Gasteiger partial charge is 0.338 e. The van der Waals surface area contributed by atoms with Crippen molar-refractivity contribution in [3.8, 4) is 11.4 Å². The van der Waals surface area contributed by atoms with Crippen molar-refractivity contribution in [1.29, 1.82) is 0 Å². The molecule has 1 aromatic carbocycles. The van der Waals surface area contributed by atoms with Crippen LogP contribution in [0, 0.1) is 0 Å². The number of para-hydroxylation sites is 1. The molecule has 0 saturated heterocycles. The van der Waals surface area contributed by atoms with Gasteiger partial charge in [-0.05, 0) is 23.9 Å². The van der Waals surface area contributed by atoms with Crippen LogP contribution in [0.25, 0.3) is 33.5 Å². The molecular formula is C19H16N6OS2. The summed E-state index contributed by atoms with van der Waals surface area (Å²) in [7, 11) is 0. The first-order valence-electron chi connectivity index (χ1n) is 8.93. The number of fused-ring (bicyclic) bond motifs is 3. The van der Waals surface area contributed by atoms with Crippen molar-refractivity contribution in [3.05, 3.63) is 47.0 Å². The fourth-order valence-electron chi connectivity index (χ4n) is 3.15. The molecule has 0 atom stereocenters. The number of aryl methyl sites for hydroxylation is 1. The average Bonchev–Trinajstić information content (AvgIpc) is 3.47. The Bertz CT molecular complexity index is 1240. The lowest BCUT2D eigenvalue weighted by molar-refractivity contribution is 0.391. The van der Waals surface area contributed by atoms with Gasteiger partial charge in [-0.1, -0.05) is 42.0 Å². The Morgan fingerprint density at radius 1 is 1.14 bits per heavy atom. The Morgan fingerprint density at radius 3 is 2.93 bits per heavy atom. The fraction of sp³-hybridized carbons (Fsp3) is 0.211. The van der Waals surface area contributed by atoms with Gasteiger partial charge in [0.2, 0.25) is 16.9 Å². The maximum Gasteiger partial charge on any atom is 0.237 e. The van der Waals surface area contributed by atoms with E-state index in [0.29, 0.717) is 22.6 Å². The van der Waals surface area contributed by atoms with Gasteiger partial charge in [0.05, 0.1) is 11.3 Å². The number of rotatable bonds is 6. The van der Waals surface area contributed by atoms with Gasteiger partial charge < -0.3 is 9.09 Å². The van der Waals surface area contributed by atoms with Crippen molar-refractivity contribution in [1.82, 2.24) is 29.9 Å². The molecule has 0 unspecified atom stereocenters. The third kappa shape index (κ3) is 3.06. The number of thioether (sulfide) groups is 1. The summed E-state index contributed by atoms with van der Waals surface area (Å²) in [5.41, 5.74) is 3.81. The first-order valence-corrected chi connectivity index (χ1v) is 10.9. The highest BCUT2D eigenvalue weighted by atomic mass is 32.2. The molecule has 5 aromatic rings. The van der Waals surface area contributed by atoms with Crippen molar-refractivity contribution >= 4 is 45.2 Å². The Hall–Kier alpha value is -2.78. The van der Waals surface area contributed by atoms with Crippen molar-refractivity contribution in [2.45, 2.75) is 30.8 Å². The lowest BCUT2D eigenvalue weighted by atomic mass is 10.2. The molecule has 0 bridgehead atoms. The zero-order chi connectivity index (χ0) is 18.9. The molecule has 4 aromatic heterocycles. The molecule has 0 aliphatic heterocycles.